The van der Waals surface area contributed by atoms with Crippen molar-refractivity contribution in [3.05, 3.63) is 72.3 Å². The van der Waals surface area contributed by atoms with Crippen LogP contribution >= 0.6 is 12.2 Å². The lowest BCUT2D eigenvalue weighted by atomic mass is 10.1. The number of hydrogen-bond acceptors (Lipinski definition) is 3. The fraction of sp³-hybridized carbons (Fsp3) is 0.211. The molecule has 1 atom stereocenters. The van der Waals surface area contributed by atoms with Crippen LogP contribution in [0.15, 0.2) is 61.2 Å². The Morgan fingerprint density at radius 3 is 2.60 bits per heavy atom. The van der Waals surface area contributed by atoms with E-state index in [1.165, 1.54) is 17.5 Å². The van der Waals surface area contributed by atoms with Crippen molar-refractivity contribution in [3.63, 3.8) is 0 Å². The van der Waals surface area contributed by atoms with Gasteiger partial charge < -0.3 is 10.2 Å². The van der Waals surface area contributed by atoms with Crippen LogP contribution in [-0.2, 0) is 0 Å². The summed E-state index contributed by atoms with van der Waals surface area (Å²) in [6, 6.07) is 16.6. The molecule has 0 fully saturated rings. The Labute approximate surface area is 153 Å². The average molecular weight is 351 g/mol. The van der Waals surface area contributed by atoms with Crippen LogP contribution in [0.3, 0.4) is 0 Å². The molecule has 0 amide bonds. The molecule has 0 saturated heterocycles. The van der Waals surface area contributed by atoms with Crippen molar-refractivity contribution in [3.8, 4) is 5.69 Å². The molecule has 0 spiro atoms. The molecule has 0 aliphatic rings. The normalized spacial score (nSPS) is 11.8. The monoisotopic (exact) mass is 351 g/mol. The van der Waals surface area contributed by atoms with E-state index in [4.69, 9.17) is 12.2 Å². The number of hydrogen-bond donors (Lipinski definition) is 1. The molecule has 1 N–H and O–H groups in total. The van der Waals surface area contributed by atoms with Gasteiger partial charge in [-0.25, -0.2) is 9.67 Å². The third kappa shape index (κ3) is 4.03. The Balaban J connectivity index is 1.69. The van der Waals surface area contributed by atoms with Crippen LogP contribution < -0.4 is 5.32 Å². The van der Waals surface area contributed by atoms with Gasteiger partial charge >= 0.3 is 0 Å². The van der Waals surface area contributed by atoms with Crippen LogP contribution in [0, 0.1) is 6.92 Å². The Morgan fingerprint density at radius 1 is 1.20 bits per heavy atom. The van der Waals surface area contributed by atoms with Gasteiger partial charge in [-0.05, 0) is 61.5 Å². The van der Waals surface area contributed by atoms with Crippen molar-refractivity contribution < 1.29 is 0 Å². The van der Waals surface area contributed by atoms with Crippen LogP contribution in [0.2, 0.25) is 0 Å². The van der Waals surface area contributed by atoms with Gasteiger partial charge in [0.15, 0.2) is 5.11 Å². The molecule has 2 aromatic carbocycles. The zero-order valence-corrected chi connectivity index (χ0v) is 15.4. The van der Waals surface area contributed by atoms with Crippen molar-refractivity contribution >= 4 is 23.0 Å². The number of benzene rings is 2. The van der Waals surface area contributed by atoms with Crippen molar-refractivity contribution in [2.24, 2.45) is 0 Å². The summed E-state index contributed by atoms with van der Waals surface area (Å²) < 4.78 is 1.74. The second kappa shape index (κ2) is 7.44. The molecule has 1 heterocycles. The molecule has 0 radical (unpaired) electrons. The van der Waals surface area contributed by atoms with Crippen LogP contribution in [0.4, 0.5) is 5.69 Å². The molecule has 5 nitrogen and oxygen atoms in total. The minimum absolute atomic E-state index is 0.148. The van der Waals surface area contributed by atoms with Crippen molar-refractivity contribution in [2.45, 2.75) is 19.9 Å². The van der Waals surface area contributed by atoms with Gasteiger partial charge in [0.2, 0.25) is 0 Å². The van der Waals surface area contributed by atoms with Crippen molar-refractivity contribution in [2.75, 3.05) is 12.4 Å². The minimum Gasteiger partial charge on any atom is -0.345 e. The first-order valence-electron chi connectivity index (χ1n) is 8.10. The van der Waals surface area contributed by atoms with Gasteiger partial charge in [0.1, 0.15) is 12.7 Å². The number of anilines is 1. The van der Waals surface area contributed by atoms with Crippen LogP contribution in [-0.4, -0.2) is 31.8 Å². The molecule has 3 aromatic rings. The lowest BCUT2D eigenvalue weighted by molar-refractivity contribution is 0.408. The number of nitrogens with zero attached hydrogens (tertiary/aromatic N) is 4. The zero-order chi connectivity index (χ0) is 17.8. The SMILES string of the molecule is Cc1cccc(NC(=S)N(C)[C@H](C)c2ccc(-n3cncn3)cc2)c1. The summed E-state index contributed by atoms with van der Waals surface area (Å²) in [5.41, 5.74) is 4.37. The molecular weight excluding hydrogens is 330 g/mol. The van der Waals surface area contributed by atoms with Crippen molar-refractivity contribution in [1.29, 1.82) is 0 Å². The second-order valence-corrected chi connectivity index (χ2v) is 6.40. The summed E-state index contributed by atoms with van der Waals surface area (Å²) in [5.74, 6) is 0. The third-order valence-electron chi connectivity index (χ3n) is 4.23. The largest absolute Gasteiger partial charge is 0.345 e. The highest BCUT2D eigenvalue weighted by Gasteiger charge is 2.15. The highest BCUT2D eigenvalue weighted by molar-refractivity contribution is 7.80. The van der Waals surface area contributed by atoms with Crippen LogP contribution in [0.5, 0.6) is 0 Å². The first-order chi connectivity index (χ1) is 12.0. The molecule has 0 aliphatic heterocycles. The van der Waals surface area contributed by atoms with E-state index in [1.54, 1.807) is 11.0 Å². The van der Waals surface area contributed by atoms with Crippen LogP contribution in [0.1, 0.15) is 24.1 Å². The maximum atomic E-state index is 5.56. The van der Waals surface area contributed by atoms with E-state index in [0.29, 0.717) is 5.11 Å². The average Bonchev–Trinajstić information content (AvgIpc) is 3.15. The van der Waals surface area contributed by atoms with Gasteiger partial charge in [-0.2, -0.15) is 5.10 Å². The summed E-state index contributed by atoms with van der Waals surface area (Å²) in [6.07, 6.45) is 3.21. The first-order valence-corrected chi connectivity index (χ1v) is 8.51. The molecule has 128 valence electrons. The van der Waals surface area contributed by atoms with Gasteiger partial charge in [-0.1, -0.05) is 24.3 Å². The highest BCUT2D eigenvalue weighted by atomic mass is 32.1. The molecule has 0 saturated carbocycles. The predicted octanol–water partition coefficient (Wildman–Crippen LogP) is 3.97. The quantitative estimate of drug-likeness (QED) is 0.721. The number of rotatable bonds is 4. The fourth-order valence-corrected chi connectivity index (χ4v) is 2.86. The molecule has 0 aliphatic carbocycles. The van der Waals surface area contributed by atoms with E-state index in [-0.39, 0.29) is 6.04 Å². The fourth-order valence-electron chi connectivity index (χ4n) is 2.58. The maximum Gasteiger partial charge on any atom is 0.173 e. The molecule has 25 heavy (non-hydrogen) atoms. The molecular formula is C19H21N5S. The lowest BCUT2D eigenvalue weighted by Crippen LogP contribution is -2.33. The molecule has 6 heteroatoms. The van der Waals surface area contributed by atoms with E-state index in [0.717, 1.165) is 11.4 Å². The highest BCUT2D eigenvalue weighted by Crippen LogP contribution is 2.21. The topological polar surface area (TPSA) is 46.0 Å². The summed E-state index contributed by atoms with van der Waals surface area (Å²) in [4.78, 5) is 6.03. The van der Waals surface area contributed by atoms with E-state index in [1.807, 2.05) is 31.3 Å². The number of aryl methyl sites for hydroxylation is 1. The first kappa shape index (κ1) is 17.1. The second-order valence-electron chi connectivity index (χ2n) is 6.02. The Bertz CT molecular complexity index is 843. The molecule has 3 rings (SSSR count). The van der Waals surface area contributed by atoms with E-state index in [9.17, 15) is 0 Å². The van der Waals surface area contributed by atoms with E-state index >= 15 is 0 Å². The summed E-state index contributed by atoms with van der Waals surface area (Å²) in [7, 11) is 2.00. The van der Waals surface area contributed by atoms with Gasteiger partial charge in [-0.15, -0.1) is 0 Å². The Kier molecular flexibility index (Phi) is 5.09. The maximum absolute atomic E-state index is 5.56. The summed E-state index contributed by atoms with van der Waals surface area (Å²) in [5, 5.41) is 8.14. The van der Waals surface area contributed by atoms with Gasteiger partial charge in [0, 0.05) is 12.7 Å². The predicted molar refractivity (Wildman–Crippen MR) is 105 cm³/mol. The molecule has 0 unspecified atom stereocenters. The lowest BCUT2D eigenvalue weighted by Gasteiger charge is -2.28. The Morgan fingerprint density at radius 2 is 1.96 bits per heavy atom. The van der Waals surface area contributed by atoms with Gasteiger partial charge in [-0.3, -0.25) is 0 Å². The zero-order valence-electron chi connectivity index (χ0n) is 14.5. The number of thiocarbonyl (C=S) groups is 1. The number of nitrogens with one attached hydrogen (secondary N) is 1. The third-order valence-corrected chi connectivity index (χ3v) is 4.62. The van der Waals surface area contributed by atoms with E-state index in [2.05, 4.69) is 58.4 Å². The minimum atomic E-state index is 0.148. The summed E-state index contributed by atoms with van der Waals surface area (Å²) in [6.45, 7) is 4.20. The van der Waals surface area contributed by atoms with Crippen LogP contribution in [0.25, 0.3) is 5.69 Å². The molecule has 1 aromatic heterocycles. The Hall–Kier alpha value is -2.73. The molecule has 0 bridgehead atoms. The van der Waals surface area contributed by atoms with Gasteiger partial charge in [0.25, 0.3) is 0 Å². The summed E-state index contributed by atoms with van der Waals surface area (Å²) >= 11 is 5.56. The standard InChI is InChI=1S/C19H21N5S/c1-14-5-4-6-17(11-14)22-19(25)23(3)15(2)16-7-9-18(10-8-16)24-13-20-12-21-24/h4-13,15H,1-3H3,(H,22,25)/t15-/m1/s1. The smallest absolute Gasteiger partial charge is 0.173 e. The van der Waals surface area contributed by atoms with E-state index < -0.39 is 0 Å². The van der Waals surface area contributed by atoms with Gasteiger partial charge in [0.05, 0.1) is 11.7 Å². The van der Waals surface area contributed by atoms with Crippen molar-refractivity contribution in [1.82, 2.24) is 19.7 Å². The number of aromatic nitrogens is 3.